The van der Waals surface area contributed by atoms with Crippen molar-refractivity contribution >= 4 is 46.2 Å². The molecule has 0 unspecified atom stereocenters. The van der Waals surface area contributed by atoms with Gasteiger partial charge in [0.25, 0.3) is 5.91 Å². The van der Waals surface area contributed by atoms with E-state index in [-0.39, 0.29) is 11.8 Å². The van der Waals surface area contributed by atoms with Crippen molar-refractivity contribution in [3.63, 3.8) is 0 Å². The topological polar surface area (TPSA) is 37.4 Å². The minimum Gasteiger partial charge on any atom is -0.274 e. The number of thioether (sulfide) groups is 1. The highest BCUT2D eigenvalue weighted by Crippen LogP contribution is 2.32. The van der Waals surface area contributed by atoms with Gasteiger partial charge in [0, 0.05) is 6.92 Å². The van der Waals surface area contributed by atoms with Crippen molar-refractivity contribution in [1.29, 1.82) is 0 Å². The third-order valence-electron chi connectivity index (χ3n) is 2.21. The highest BCUT2D eigenvalue weighted by molar-refractivity contribution is 8.26. The number of imide groups is 1. The number of benzene rings is 1. The van der Waals surface area contributed by atoms with Crippen molar-refractivity contribution < 1.29 is 9.59 Å². The molecule has 1 aliphatic heterocycles. The van der Waals surface area contributed by atoms with Gasteiger partial charge in [-0.3, -0.25) is 9.59 Å². The number of carbonyl (C=O) groups excluding carboxylic acids is 2. The summed E-state index contributed by atoms with van der Waals surface area (Å²) < 4.78 is 0.296. The van der Waals surface area contributed by atoms with Crippen molar-refractivity contribution in [2.75, 3.05) is 0 Å². The molecule has 0 bridgehead atoms. The lowest BCUT2D eigenvalue weighted by molar-refractivity contribution is -0.135. The molecule has 1 aromatic carbocycles. The van der Waals surface area contributed by atoms with Gasteiger partial charge in [0.15, 0.2) is 4.32 Å². The molecular formula is C12H9NO2S2. The largest absolute Gasteiger partial charge is 0.274 e. The number of rotatable bonds is 1. The third-order valence-corrected chi connectivity index (χ3v) is 3.51. The molecule has 0 aliphatic carbocycles. The number of hydrogen-bond donors (Lipinski definition) is 0. The summed E-state index contributed by atoms with van der Waals surface area (Å²) in [5.74, 6) is -0.680. The molecule has 0 N–H and O–H groups in total. The van der Waals surface area contributed by atoms with Crippen LogP contribution in [-0.4, -0.2) is 21.0 Å². The maximum atomic E-state index is 11.9. The van der Waals surface area contributed by atoms with Crippen LogP contribution in [0.25, 0.3) is 6.08 Å². The zero-order chi connectivity index (χ0) is 12.4. The fourth-order valence-corrected chi connectivity index (χ4v) is 2.79. The van der Waals surface area contributed by atoms with Gasteiger partial charge in [-0.1, -0.05) is 54.3 Å². The first kappa shape index (κ1) is 12.0. The Bertz CT molecular complexity index is 523. The lowest BCUT2D eigenvalue weighted by Crippen LogP contribution is -2.32. The minimum atomic E-state index is -0.344. The fourth-order valence-electron chi connectivity index (χ4n) is 1.44. The summed E-state index contributed by atoms with van der Waals surface area (Å²) in [5, 5.41) is 0. The number of carbonyl (C=O) groups is 2. The molecule has 86 valence electrons. The van der Waals surface area contributed by atoms with Crippen LogP contribution in [-0.2, 0) is 9.59 Å². The van der Waals surface area contributed by atoms with E-state index in [0.717, 1.165) is 22.2 Å². The number of amides is 2. The molecule has 1 fully saturated rings. The number of nitrogens with zero attached hydrogens (tertiary/aromatic N) is 1. The minimum absolute atomic E-state index is 0.296. The second-order valence-corrected chi connectivity index (χ2v) is 5.12. The van der Waals surface area contributed by atoms with Crippen molar-refractivity contribution in [3.05, 3.63) is 40.8 Å². The SMILES string of the molecule is CC(=O)N1C(=O)/C(=C/c2ccccc2)SC1=S. The molecule has 17 heavy (non-hydrogen) atoms. The predicted molar refractivity (Wildman–Crippen MR) is 72.1 cm³/mol. The standard InChI is InChI=1S/C12H9NO2S2/c1-8(14)13-11(15)10(17-12(13)16)7-9-5-3-2-4-6-9/h2-7H,1H3/b10-7-. The first-order chi connectivity index (χ1) is 8.09. The smallest absolute Gasteiger partial charge is 0.273 e. The van der Waals surface area contributed by atoms with Crippen LogP contribution in [0.15, 0.2) is 35.2 Å². The summed E-state index contributed by atoms with van der Waals surface area (Å²) in [5.41, 5.74) is 0.913. The molecular weight excluding hydrogens is 254 g/mol. The van der Waals surface area contributed by atoms with Gasteiger partial charge in [-0.15, -0.1) is 0 Å². The van der Waals surface area contributed by atoms with Crippen LogP contribution in [0, 0.1) is 0 Å². The fraction of sp³-hybridized carbons (Fsp3) is 0.0833. The Balaban J connectivity index is 2.31. The summed E-state index contributed by atoms with van der Waals surface area (Å²) in [6.45, 7) is 1.33. The van der Waals surface area contributed by atoms with E-state index in [2.05, 4.69) is 0 Å². The van der Waals surface area contributed by atoms with Crippen LogP contribution in [0.5, 0.6) is 0 Å². The van der Waals surface area contributed by atoms with Gasteiger partial charge in [-0.25, -0.2) is 4.90 Å². The quantitative estimate of drug-likeness (QED) is 0.576. The van der Waals surface area contributed by atoms with E-state index in [1.54, 1.807) is 6.08 Å². The number of thiocarbonyl (C=S) groups is 1. The van der Waals surface area contributed by atoms with Crippen molar-refractivity contribution in [2.45, 2.75) is 6.92 Å². The van der Waals surface area contributed by atoms with E-state index in [1.807, 2.05) is 30.3 Å². The van der Waals surface area contributed by atoms with Crippen LogP contribution in [0.3, 0.4) is 0 Å². The molecule has 0 saturated carbocycles. The van der Waals surface area contributed by atoms with Gasteiger partial charge in [-0.05, 0) is 11.6 Å². The van der Waals surface area contributed by atoms with Crippen molar-refractivity contribution in [3.8, 4) is 0 Å². The first-order valence-electron chi connectivity index (χ1n) is 4.93. The molecule has 1 aromatic rings. The van der Waals surface area contributed by atoms with Gasteiger partial charge in [0.1, 0.15) is 0 Å². The van der Waals surface area contributed by atoms with Crippen molar-refractivity contribution in [1.82, 2.24) is 4.90 Å². The normalized spacial score (nSPS) is 17.9. The predicted octanol–water partition coefficient (Wildman–Crippen LogP) is 2.43. The van der Waals surface area contributed by atoms with Gasteiger partial charge in [-0.2, -0.15) is 0 Å². The Kier molecular flexibility index (Phi) is 3.40. The average molecular weight is 263 g/mol. The summed E-state index contributed by atoms with van der Waals surface area (Å²) >= 11 is 6.15. The molecule has 3 nitrogen and oxygen atoms in total. The highest BCUT2D eigenvalue weighted by atomic mass is 32.2. The first-order valence-corrected chi connectivity index (χ1v) is 6.15. The van der Waals surface area contributed by atoms with Crippen molar-refractivity contribution in [2.24, 2.45) is 0 Å². The van der Waals surface area contributed by atoms with Gasteiger partial charge in [0.05, 0.1) is 4.91 Å². The van der Waals surface area contributed by atoms with Crippen LogP contribution >= 0.6 is 24.0 Å². The van der Waals surface area contributed by atoms with Crippen LogP contribution in [0.2, 0.25) is 0 Å². The summed E-state index contributed by atoms with van der Waals surface area (Å²) in [6.07, 6.45) is 1.74. The maximum Gasteiger partial charge on any atom is 0.273 e. The van der Waals surface area contributed by atoms with E-state index in [4.69, 9.17) is 12.2 Å². The molecule has 1 saturated heterocycles. The summed E-state index contributed by atoms with van der Waals surface area (Å²) in [7, 11) is 0. The molecule has 0 spiro atoms. The molecule has 1 aliphatic rings. The Morgan fingerprint density at radius 2 is 2.00 bits per heavy atom. The zero-order valence-electron chi connectivity index (χ0n) is 9.04. The Labute approximate surface area is 108 Å². The third kappa shape index (κ3) is 2.45. The van der Waals surface area contributed by atoms with Crippen LogP contribution < -0.4 is 0 Å². The molecule has 0 atom stereocenters. The molecule has 1 heterocycles. The highest BCUT2D eigenvalue weighted by Gasteiger charge is 2.34. The average Bonchev–Trinajstić information content (AvgIpc) is 2.55. The molecule has 0 aromatic heterocycles. The van der Waals surface area contributed by atoms with E-state index in [1.165, 1.54) is 6.92 Å². The van der Waals surface area contributed by atoms with Crippen LogP contribution in [0.4, 0.5) is 0 Å². The molecule has 0 radical (unpaired) electrons. The second kappa shape index (κ2) is 4.81. The van der Waals surface area contributed by atoms with E-state index >= 15 is 0 Å². The molecule has 5 heteroatoms. The summed E-state index contributed by atoms with van der Waals surface area (Å²) in [6, 6.07) is 9.45. The Morgan fingerprint density at radius 1 is 1.35 bits per heavy atom. The molecule has 2 amide bonds. The van der Waals surface area contributed by atoms with E-state index in [0.29, 0.717) is 9.23 Å². The van der Waals surface area contributed by atoms with Crippen LogP contribution in [0.1, 0.15) is 12.5 Å². The monoisotopic (exact) mass is 263 g/mol. The molecule has 2 rings (SSSR count). The lowest BCUT2D eigenvalue weighted by Gasteiger charge is -2.07. The zero-order valence-corrected chi connectivity index (χ0v) is 10.7. The summed E-state index contributed by atoms with van der Waals surface area (Å²) in [4.78, 5) is 24.6. The lowest BCUT2D eigenvalue weighted by atomic mass is 10.2. The van der Waals surface area contributed by atoms with Gasteiger partial charge >= 0.3 is 0 Å². The van der Waals surface area contributed by atoms with E-state index < -0.39 is 0 Å². The van der Waals surface area contributed by atoms with Gasteiger partial charge < -0.3 is 0 Å². The van der Waals surface area contributed by atoms with Gasteiger partial charge in [0.2, 0.25) is 5.91 Å². The Morgan fingerprint density at radius 3 is 2.53 bits per heavy atom. The number of hydrogen-bond acceptors (Lipinski definition) is 4. The maximum absolute atomic E-state index is 11.9. The second-order valence-electron chi connectivity index (χ2n) is 3.45. The van der Waals surface area contributed by atoms with E-state index in [9.17, 15) is 9.59 Å². The Hall–Kier alpha value is -1.46.